The molecule has 0 radical (unpaired) electrons. The van der Waals surface area contributed by atoms with E-state index in [1.807, 2.05) is 24.3 Å². The van der Waals surface area contributed by atoms with Crippen molar-refractivity contribution in [3.8, 4) is 5.75 Å². The standard InChI is InChI=1S/C18H20N2O4S/c1-24-16-9-7-15(8-10-16)19-18(21)17-11-13-5-3-4-6-14(13)12-20(17)25(2,22)23/h3-10,17H,11-12H2,1-2H3,(H,19,21)/t17-/m0/s1. The number of nitrogens with zero attached hydrogens (tertiary/aromatic N) is 1. The molecule has 0 unspecified atom stereocenters. The first-order chi connectivity index (χ1) is 11.9. The fourth-order valence-corrected chi connectivity index (χ4v) is 3.98. The number of ether oxygens (including phenoxy) is 1. The van der Waals surface area contributed by atoms with Crippen molar-refractivity contribution in [1.82, 2.24) is 4.31 Å². The van der Waals surface area contributed by atoms with Crippen LogP contribution in [0.15, 0.2) is 48.5 Å². The van der Waals surface area contributed by atoms with Gasteiger partial charge in [0.15, 0.2) is 0 Å². The third-order valence-corrected chi connectivity index (χ3v) is 5.53. The Labute approximate surface area is 147 Å². The number of hydrogen-bond acceptors (Lipinski definition) is 4. The minimum atomic E-state index is -3.51. The summed E-state index contributed by atoms with van der Waals surface area (Å²) in [7, 11) is -1.95. The van der Waals surface area contributed by atoms with Gasteiger partial charge in [0.2, 0.25) is 15.9 Å². The van der Waals surface area contributed by atoms with Crippen LogP contribution in [0.25, 0.3) is 0 Å². The fourth-order valence-electron chi connectivity index (χ4n) is 2.97. The van der Waals surface area contributed by atoms with Crippen molar-refractivity contribution in [3.05, 3.63) is 59.7 Å². The number of rotatable bonds is 4. The third kappa shape index (κ3) is 3.83. The molecule has 132 valence electrons. The largest absolute Gasteiger partial charge is 0.497 e. The molecule has 3 rings (SSSR count). The van der Waals surface area contributed by atoms with Gasteiger partial charge >= 0.3 is 0 Å². The summed E-state index contributed by atoms with van der Waals surface area (Å²) in [5.74, 6) is 0.340. The van der Waals surface area contributed by atoms with E-state index in [0.29, 0.717) is 17.9 Å². The molecular weight excluding hydrogens is 340 g/mol. The molecule has 0 aromatic heterocycles. The van der Waals surface area contributed by atoms with Crippen LogP contribution in [0.4, 0.5) is 5.69 Å². The molecule has 1 aliphatic heterocycles. The molecule has 0 saturated carbocycles. The molecule has 1 atom stereocenters. The smallest absolute Gasteiger partial charge is 0.243 e. The van der Waals surface area contributed by atoms with Crippen LogP contribution in [0.5, 0.6) is 5.75 Å². The molecule has 2 aromatic rings. The van der Waals surface area contributed by atoms with Crippen molar-refractivity contribution in [1.29, 1.82) is 0 Å². The highest BCUT2D eigenvalue weighted by molar-refractivity contribution is 7.88. The molecule has 1 heterocycles. The molecule has 1 aliphatic rings. The highest BCUT2D eigenvalue weighted by Crippen LogP contribution is 2.26. The second-order valence-electron chi connectivity index (χ2n) is 6.01. The van der Waals surface area contributed by atoms with E-state index in [1.165, 1.54) is 4.31 Å². The SMILES string of the molecule is COc1ccc(NC(=O)[C@@H]2Cc3ccccc3CN2S(C)(=O)=O)cc1. The quantitative estimate of drug-likeness (QED) is 0.905. The lowest BCUT2D eigenvalue weighted by Crippen LogP contribution is -2.50. The molecule has 0 aliphatic carbocycles. The summed E-state index contributed by atoms with van der Waals surface area (Å²) in [5, 5.41) is 2.80. The number of nitrogens with one attached hydrogen (secondary N) is 1. The van der Waals surface area contributed by atoms with Crippen molar-refractivity contribution in [3.63, 3.8) is 0 Å². The van der Waals surface area contributed by atoms with E-state index >= 15 is 0 Å². The molecule has 25 heavy (non-hydrogen) atoms. The van der Waals surface area contributed by atoms with Gasteiger partial charge in [-0.15, -0.1) is 0 Å². The third-order valence-electron chi connectivity index (χ3n) is 4.29. The van der Waals surface area contributed by atoms with Crippen molar-refractivity contribution in [2.75, 3.05) is 18.7 Å². The second-order valence-corrected chi connectivity index (χ2v) is 7.95. The molecule has 0 saturated heterocycles. The first-order valence-electron chi connectivity index (χ1n) is 7.87. The summed E-state index contributed by atoms with van der Waals surface area (Å²) < 4.78 is 30.7. The molecule has 0 fully saturated rings. The van der Waals surface area contributed by atoms with Crippen LogP contribution in [0.3, 0.4) is 0 Å². The lowest BCUT2D eigenvalue weighted by molar-refractivity contribution is -0.120. The van der Waals surface area contributed by atoms with Gasteiger partial charge in [0.1, 0.15) is 11.8 Å². The van der Waals surface area contributed by atoms with Gasteiger partial charge in [0.25, 0.3) is 0 Å². The number of hydrogen-bond donors (Lipinski definition) is 1. The summed E-state index contributed by atoms with van der Waals surface area (Å²) >= 11 is 0. The summed E-state index contributed by atoms with van der Waals surface area (Å²) in [6.45, 7) is 0.204. The Morgan fingerprint density at radius 2 is 1.76 bits per heavy atom. The van der Waals surface area contributed by atoms with Crippen LogP contribution >= 0.6 is 0 Å². The average molecular weight is 360 g/mol. The number of benzene rings is 2. The lowest BCUT2D eigenvalue weighted by atomic mass is 9.95. The van der Waals surface area contributed by atoms with Gasteiger partial charge in [-0.25, -0.2) is 8.42 Å². The highest BCUT2D eigenvalue weighted by Gasteiger charge is 2.36. The van der Waals surface area contributed by atoms with Crippen molar-refractivity contribution >= 4 is 21.6 Å². The van der Waals surface area contributed by atoms with Gasteiger partial charge in [-0.2, -0.15) is 4.31 Å². The molecule has 0 bridgehead atoms. The van der Waals surface area contributed by atoms with Crippen LogP contribution in [0.2, 0.25) is 0 Å². The van der Waals surface area contributed by atoms with Gasteiger partial charge in [0, 0.05) is 12.2 Å². The maximum absolute atomic E-state index is 12.7. The monoisotopic (exact) mass is 360 g/mol. The van der Waals surface area contributed by atoms with E-state index in [4.69, 9.17) is 4.74 Å². The summed E-state index contributed by atoms with van der Waals surface area (Å²) in [6, 6.07) is 13.7. The Kier molecular flexibility index (Phi) is 4.78. The topological polar surface area (TPSA) is 75.7 Å². The summed E-state index contributed by atoms with van der Waals surface area (Å²) in [5.41, 5.74) is 2.52. The van der Waals surface area contributed by atoms with Crippen molar-refractivity contribution in [2.24, 2.45) is 0 Å². The van der Waals surface area contributed by atoms with E-state index in [9.17, 15) is 13.2 Å². The summed E-state index contributed by atoms with van der Waals surface area (Å²) in [4.78, 5) is 12.7. The van der Waals surface area contributed by atoms with E-state index in [1.54, 1.807) is 31.4 Å². The molecule has 6 nitrogen and oxygen atoms in total. The Balaban J connectivity index is 1.85. The number of carbonyl (C=O) groups is 1. The zero-order valence-corrected chi connectivity index (χ0v) is 14.9. The maximum atomic E-state index is 12.7. The van der Waals surface area contributed by atoms with E-state index in [-0.39, 0.29) is 12.5 Å². The number of anilines is 1. The van der Waals surface area contributed by atoms with Crippen LogP contribution in [0, 0.1) is 0 Å². The van der Waals surface area contributed by atoms with Crippen molar-refractivity contribution < 1.29 is 17.9 Å². The minimum Gasteiger partial charge on any atom is -0.497 e. The molecule has 2 aromatic carbocycles. The van der Waals surface area contributed by atoms with Crippen LogP contribution in [-0.2, 0) is 27.8 Å². The molecular formula is C18H20N2O4S. The Morgan fingerprint density at radius 1 is 1.12 bits per heavy atom. The number of sulfonamides is 1. The van der Waals surface area contributed by atoms with Gasteiger partial charge < -0.3 is 10.1 Å². The number of amides is 1. The van der Waals surface area contributed by atoms with Crippen LogP contribution in [-0.4, -0.2) is 38.0 Å². The number of methoxy groups -OCH3 is 1. The zero-order valence-electron chi connectivity index (χ0n) is 14.1. The maximum Gasteiger partial charge on any atom is 0.243 e. The van der Waals surface area contributed by atoms with E-state index < -0.39 is 16.1 Å². The molecule has 1 N–H and O–H groups in total. The summed E-state index contributed by atoms with van der Waals surface area (Å²) in [6.07, 6.45) is 1.49. The normalized spacial score (nSPS) is 17.6. The number of carbonyl (C=O) groups excluding carboxylic acids is 1. The Morgan fingerprint density at radius 3 is 2.36 bits per heavy atom. The first-order valence-corrected chi connectivity index (χ1v) is 9.72. The van der Waals surface area contributed by atoms with Crippen molar-refractivity contribution in [2.45, 2.75) is 19.0 Å². The van der Waals surface area contributed by atoms with Gasteiger partial charge in [-0.3, -0.25) is 4.79 Å². The molecule has 7 heteroatoms. The predicted molar refractivity (Wildman–Crippen MR) is 95.9 cm³/mol. The van der Waals surface area contributed by atoms with E-state index in [0.717, 1.165) is 17.4 Å². The average Bonchev–Trinajstić information content (AvgIpc) is 2.60. The Hall–Kier alpha value is -2.38. The fraction of sp³-hybridized carbons (Fsp3) is 0.278. The van der Waals surface area contributed by atoms with Gasteiger partial charge in [-0.05, 0) is 41.8 Å². The first kappa shape index (κ1) is 17.4. The number of fused-ring (bicyclic) bond motifs is 1. The van der Waals surface area contributed by atoms with Gasteiger partial charge in [-0.1, -0.05) is 24.3 Å². The molecule has 1 amide bonds. The van der Waals surface area contributed by atoms with Gasteiger partial charge in [0.05, 0.1) is 13.4 Å². The zero-order chi connectivity index (χ0) is 18.0. The predicted octanol–water partition coefficient (Wildman–Crippen LogP) is 2.02. The Bertz CT molecular complexity index is 878. The van der Waals surface area contributed by atoms with Crippen LogP contribution in [0.1, 0.15) is 11.1 Å². The minimum absolute atomic E-state index is 0.204. The highest BCUT2D eigenvalue weighted by atomic mass is 32.2. The van der Waals surface area contributed by atoms with E-state index in [2.05, 4.69) is 5.32 Å². The lowest BCUT2D eigenvalue weighted by Gasteiger charge is -2.34. The molecule has 0 spiro atoms. The van der Waals surface area contributed by atoms with Crippen LogP contribution < -0.4 is 10.1 Å². The second kappa shape index (κ2) is 6.85.